The highest BCUT2D eigenvalue weighted by atomic mass is 32.1. The van der Waals surface area contributed by atoms with Crippen molar-refractivity contribution in [3.8, 4) is 0 Å². The summed E-state index contributed by atoms with van der Waals surface area (Å²) in [6, 6.07) is 0. The van der Waals surface area contributed by atoms with Crippen molar-refractivity contribution in [3.63, 3.8) is 0 Å². The lowest BCUT2D eigenvalue weighted by molar-refractivity contribution is 0.564. The molecular formula is C6H11NS. The molecular weight excluding hydrogens is 118 g/mol. The molecule has 46 valence electrons. The van der Waals surface area contributed by atoms with Crippen molar-refractivity contribution in [3.05, 3.63) is 23.8 Å². The Kier molecular flexibility index (Phi) is 3.44. The van der Waals surface area contributed by atoms with Crippen LogP contribution in [0.2, 0.25) is 0 Å². The minimum Gasteiger partial charge on any atom is -0.383 e. The van der Waals surface area contributed by atoms with Crippen molar-refractivity contribution >= 4 is 12.6 Å². The largest absolute Gasteiger partial charge is 0.383 e. The zero-order valence-corrected chi connectivity index (χ0v) is 6.15. The molecule has 0 unspecified atom stereocenters. The fraction of sp³-hybridized carbons (Fsp3) is 0.333. The number of hydrogen-bond acceptors (Lipinski definition) is 2. The molecule has 0 aliphatic heterocycles. The van der Waals surface area contributed by atoms with Crippen molar-refractivity contribution in [2.24, 2.45) is 0 Å². The first-order valence-corrected chi connectivity index (χ1v) is 2.80. The first-order valence-electron chi connectivity index (χ1n) is 2.35. The topological polar surface area (TPSA) is 3.24 Å². The molecule has 0 aliphatic carbocycles. The highest BCUT2D eigenvalue weighted by Crippen LogP contribution is 1.96. The maximum absolute atomic E-state index is 3.96. The van der Waals surface area contributed by atoms with Crippen LogP contribution in [0, 0.1) is 0 Å². The third kappa shape index (κ3) is 5.63. The number of thiol groups is 1. The Hall–Kier alpha value is -0.370. The van der Waals surface area contributed by atoms with Gasteiger partial charge in [0, 0.05) is 14.1 Å². The van der Waals surface area contributed by atoms with Crippen LogP contribution in [0.25, 0.3) is 0 Å². The maximum Gasteiger partial charge on any atom is 0.00556 e. The Morgan fingerprint density at radius 1 is 1.62 bits per heavy atom. The van der Waals surface area contributed by atoms with Crippen LogP contribution in [-0.2, 0) is 0 Å². The minimum atomic E-state index is 0.777. The molecule has 0 rings (SSSR count). The van der Waals surface area contributed by atoms with Crippen LogP contribution < -0.4 is 0 Å². The Morgan fingerprint density at radius 2 is 2.12 bits per heavy atom. The van der Waals surface area contributed by atoms with E-state index in [1.54, 1.807) is 0 Å². The molecule has 0 atom stereocenters. The molecule has 0 aromatic carbocycles. The van der Waals surface area contributed by atoms with Gasteiger partial charge in [-0.15, -0.1) is 12.6 Å². The summed E-state index contributed by atoms with van der Waals surface area (Å²) in [6.45, 7) is 3.58. The lowest BCUT2D eigenvalue weighted by atomic mass is 10.6. The van der Waals surface area contributed by atoms with Crippen LogP contribution in [0.3, 0.4) is 0 Å². The van der Waals surface area contributed by atoms with Crippen LogP contribution in [0.1, 0.15) is 0 Å². The predicted molar refractivity (Wildman–Crippen MR) is 41.0 cm³/mol. The van der Waals surface area contributed by atoms with Gasteiger partial charge in [0.25, 0.3) is 0 Å². The van der Waals surface area contributed by atoms with Crippen LogP contribution >= 0.6 is 12.6 Å². The van der Waals surface area contributed by atoms with Crippen LogP contribution in [0.15, 0.2) is 23.8 Å². The van der Waals surface area contributed by atoms with Crippen LogP contribution in [0.5, 0.6) is 0 Å². The van der Waals surface area contributed by atoms with E-state index in [9.17, 15) is 0 Å². The lowest BCUT2D eigenvalue weighted by Crippen LogP contribution is -1.99. The summed E-state index contributed by atoms with van der Waals surface area (Å²) in [5.41, 5.74) is 0. The fourth-order valence-corrected chi connectivity index (χ4v) is 0.302. The molecule has 0 radical (unpaired) electrons. The zero-order valence-electron chi connectivity index (χ0n) is 5.26. The van der Waals surface area contributed by atoms with Crippen LogP contribution in [0.4, 0.5) is 0 Å². The van der Waals surface area contributed by atoms with Gasteiger partial charge in [0.1, 0.15) is 0 Å². The van der Waals surface area contributed by atoms with Gasteiger partial charge in [0.05, 0.1) is 0 Å². The van der Waals surface area contributed by atoms with E-state index in [1.807, 2.05) is 31.3 Å². The van der Waals surface area contributed by atoms with Gasteiger partial charge in [0.2, 0.25) is 0 Å². The van der Waals surface area contributed by atoms with Crippen molar-refractivity contribution < 1.29 is 0 Å². The quantitative estimate of drug-likeness (QED) is 0.437. The first-order chi connectivity index (χ1) is 3.63. The molecule has 2 heteroatoms. The average Bonchev–Trinajstić information content (AvgIpc) is 1.61. The van der Waals surface area contributed by atoms with Gasteiger partial charge in [0.15, 0.2) is 0 Å². The summed E-state index contributed by atoms with van der Waals surface area (Å²) >= 11 is 3.96. The number of allylic oxidation sites excluding steroid dienone is 1. The number of hydrogen-bond donors (Lipinski definition) is 1. The van der Waals surface area contributed by atoms with Crippen molar-refractivity contribution in [1.29, 1.82) is 0 Å². The molecule has 0 amide bonds. The predicted octanol–water partition coefficient (Wildman–Crippen LogP) is 1.51. The summed E-state index contributed by atoms with van der Waals surface area (Å²) in [7, 11) is 3.90. The van der Waals surface area contributed by atoms with Gasteiger partial charge < -0.3 is 4.90 Å². The van der Waals surface area contributed by atoms with E-state index >= 15 is 0 Å². The van der Waals surface area contributed by atoms with Crippen LogP contribution in [-0.4, -0.2) is 19.0 Å². The molecule has 1 nitrogen and oxygen atoms in total. The molecule has 8 heavy (non-hydrogen) atoms. The second-order valence-corrected chi connectivity index (χ2v) is 2.35. The Balaban J connectivity index is 3.50. The second-order valence-electron chi connectivity index (χ2n) is 1.77. The van der Waals surface area contributed by atoms with E-state index in [0.29, 0.717) is 0 Å². The summed E-state index contributed by atoms with van der Waals surface area (Å²) in [5, 5.41) is 0. The third-order valence-corrected chi connectivity index (χ3v) is 0.714. The maximum atomic E-state index is 3.96. The van der Waals surface area contributed by atoms with Crippen molar-refractivity contribution in [2.75, 3.05) is 14.1 Å². The molecule has 0 aromatic heterocycles. The Labute approximate surface area is 56.1 Å². The summed E-state index contributed by atoms with van der Waals surface area (Å²) in [5.74, 6) is 0. The van der Waals surface area contributed by atoms with Gasteiger partial charge in [-0.25, -0.2) is 0 Å². The van der Waals surface area contributed by atoms with Gasteiger partial charge in [-0.05, 0) is 17.2 Å². The molecule has 0 fully saturated rings. The van der Waals surface area contributed by atoms with E-state index in [0.717, 1.165) is 4.91 Å². The van der Waals surface area contributed by atoms with Gasteiger partial charge in [-0.3, -0.25) is 0 Å². The molecule has 0 bridgehead atoms. The number of nitrogens with zero attached hydrogens (tertiary/aromatic N) is 1. The average molecular weight is 129 g/mol. The summed E-state index contributed by atoms with van der Waals surface area (Å²) in [4.78, 5) is 2.71. The number of rotatable bonds is 2. The highest BCUT2D eigenvalue weighted by molar-refractivity contribution is 7.84. The molecule has 0 aliphatic rings. The molecule has 0 aromatic rings. The summed E-state index contributed by atoms with van der Waals surface area (Å²) in [6.07, 6.45) is 3.73. The fourth-order valence-electron chi connectivity index (χ4n) is 0.235. The lowest BCUT2D eigenvalue weighted by Gasteiger charge is -2.01. The van der Waals surface area contributed by atoms with Crippen molar-refractivity contribution in [1.82, 2.24) is 4.90 Å². The smallest absolute Gasteiger partial charge is 0.00556 e. The van der Waals surface area contributed by atoms with Gasteiger partial charge in [-0.2, -0.15) is 0 Å². The highest BCUT2D eigenvalue weighted by Gasteiger charge is 1.74. The van der Waals surface area contributed by atoms with Gasteiger partial charge in [-0.1, -0.05) is 6.58 Å². The monoisotopic (exact) mass is 129 g/mol. The van der Waals surface area contributed by atoms with E-state index in [1.165, 1.54) is 0 Å². The second kappa shape index (κ2) is 3.61. The first kappa shape index (κ1) is 7.63. The minimum absolute atomic E-state index is 0.777. The molecule has 0 saturated heterocycles. The van der Waals surface area contributed by atoms with E-state index < -0.39 is 0 Å². The van der Waals surface area contributed by atoms with E-state index in [-0.39, 0.29) is 0 Å². The zero-order chi connectivity index (χ0) is 6.57. The van der Waals surface area contributed by atoms with Gasteiger partial charge >= 0.3 is 0 Å². The normalized spacial score (nSPS) is 9.88. The standard InChI is InChI=1S/C6H11NS/c1-6(8)4-5-7(2)3/h4-5,8H,1H2,2-3H3/b5-4-. The molecule has 0 saturated carbocycles. The SMILES string of the molecule is C=C(S)/C=C\N(C)C. The Morgan fingerprint density at radius 3 is 2.25 bits per heavy atom. The van der Waals surface area contributed by atoms with E-state index in [2.05, 4.69) is 19.2 Å². The molecule has 0 heterocycles. The Bertz CT molecular complexity index is 105. The molecule has 0 spiro atoms. The van der Waals surface area contributed by atoms with Crippen molar-refractivity contribution in [2.45, 2.75) is 0 Å². The van der Waals surface area contributed by atoms with E-state index in [4.69, 9.17) is 0 Å². The third-order valence-electron chi connectivity index (χ3n) is 0.565. The summed E-state index contributed by atoms with van der Waals surface area (Å²) < 4.78 is 0. The molecule has 0 N–H and O–H groups in total.